The van der Waals surface area contributed by atoms with E-state index in [1.165, 1.54) is 37.4 Å². The van der Waals surface area contributed by atoms with Crippen LogP contribution in [0, 0.1) is 17.1 Å². The highest BCUT2D eigenvalue weighted by molar-refractivity contribution is 6.06. The summed E-state index contributed by atoms with van der Waals surface area (Å²) in [7, 11) is 1.32. The zero-order valence-electron chi connectivity index (χ0n) is 11.2. The van der Waals surface area contributed by atoms with Crippen molar-refractivity contribution < 1.29 is 13.9 Å². The molecule has 1 amide bonds. The molecule has 0 aromatic heterocycles. The summed E-state index contributed by atoms with van der Waals surface area (Å²) in [6, 6.07) is 10.3. The van der Waals surface area contributed by atoms with Gasteiger partial charge in [-0.2, -0.15) is 5.26 Å². The minimum absolute atomic E-state index is 0.0181. The van der Waals surface area contributed by atoms with Crippen LogP contribution in [0.1, 0.15) is 15.9 Å². The van der Waals surface area contributed by atoms with Gasteiger partial charge in [-0.3, -0.25) is 4.79 Å². The van der Waals surface area contributed by atoms with Gasteiger partial charge >= 0.3 is 0 Å². The van der Waals surface area contributed by atoms with Gasteiger partial charge in [0.1, 0.15) is 0 Å². The van der Waals surface area contributed by atoms with Gasteiger partial charge in [-0.05, 0) is 36.4 Å². The van der Waals surface area contributed by atoms with Crippen molar-refractivity contribution >= 4 is 17.3 Å². The van der Waals surface area contributed by atoms with Crippen LogP contribution < -0.4 is 15.8 Å². The smallest absolute Gasteiger partial charge is 0.255 e. The number of ether oxygens (including phenoxy) is 1. The van der Waals surface area contributed by atoms with Gasteiger partial charge in [-0.1, -0.05) is 0 Å². The first-order valence-corrected chi connectivity index (χ1v) is 5.99. The average Bonchev–Trinajstić information content (AvgIpc) is 2.49. The van der Waals surface area contributed by atoms with E-state index >= 15 is 0 Å². The van der Waals surface area contributed by atoms with Crippen LogP contribution in [-0.2, 0) is 0 Å². The molecule has 5 nitrogen and oxygen atoms in total. The number of nitrogens with zero attached hydrogens (tertiary/aromatic N) is 1. The van der Waals surface area contributed by atoms with Crippen LogP contribution in [-0.4, -0.2) is 13.0 Å². The Kier molecular flexibility index (Phi) is 4.05. The fourth-order valence-electron chi connectivity index (χ4n) is 1.74. The minimum atomic E-state index is -0.549. The van der Waals surface area contributed by atoms with E-state index in [1.54, 1.807) is 0 Å². The molecule has 21 heavy (non-hydrogen) atoms. The third-order valence-corrected chi connectivity index (χ3v) is 2.84. The van der Waals surface area contributed by atoms with Crippen molar-refractivity contribution in [1.82, 2.24) is 0 Å². The minimum Gasteiger partial charge on any atom is -0.494 e. The maximum atomic E-state index is 13.3. The lowest BCUT2D eigenvalue weighted by atomic mass is 10.1. The lowest BCUT2D eigenvalue weighted by Crippen LogP contribution is -2.13. The molecule has 0 radical (unpaired) electrons. The van der Waals surface area contributed by atoms with Gasteiger partial charge in [0.15, 0.2) is 11.6 Å². The lowest BCUT2D eigenvalue weighted by Gasteiger charge is -2.09. The maximum absolute atomic E-state index is 13.3. The van der Waals surface area contributed by atoms with E-state index in [9.17, 15) is 9.18 Å². The summed E-state index contributed by atoms with van der Waals surface area (Å²) < 4.78 is 18.1. The Morgan fingerprint density at radius 2 is 2.10 bits per heavy atom. The number of methoxy groups -OCH3 is 1. The number of nitrogen functional groups attached to an aromatic ring is 1. The number of carbonyl (C=O) groups excluding carboxylic acids is 1. The second-order valence-corrected chi connectivity index (χ2v) is 4.22. The molecule has 0 unspecified atom stereocenters. The SMILES string of the molecule is COc1cc(C(=O)Nc2ccc(C#N)cc2N)ccc1F. The van der Waals surface area contributed by atoms with E-state index < -0.39 is 11.7 Å². The second-order valence-electron chi connectivity index (χ2n) is 4.22. The topological polar surface area (TPSA) is 88.1 Å². The highest BCUT2D eigenvalue weighted by Gasteiger charge is 2.12. The van der Waals surface area contributed by atoms with Crippen molar-refractivity contribution in [2.45, 2.75) is 0 Å². The maximum Gasteiger partial charge on any atom is 0.255 e. The van der Waals surface area contributed by atoms with Crippen LogP contribution in [0.5, 0.6) is 5.75 Å². The molecule has 6 heteroatoms. The Hall–Kier alpha value is -3.07. The quantitative estimate of drug-likeness (QED) is 0.848. The van der Waals surface area contributed by atoms with Gasteiger partial charge in [0, 0.05) is 5.56 Å². The molecule has 0 aliphatic rings. The van der Waals surface area contributed by atoms with Crippen LogP contribution in [0.3, 0.4) is 0 Å². The normalized spacial score (nSPS) is 9.76. The zero-order valence-corrected chi connectivity index (χ0v) is 11.2. The number of nitrogens with two attached hydrogens (primary N) is 1. The number of carbonyl (C=O) groups is 1. The molecule has 0 aliphatic heterocycles. The first kappa shape index (κ1) is 14.3. The van der Waals surface area contributed by atoms with Crippen LogP contribution in [0.4, 0.5) is 15.8 Å². The third kappa shape index (κ3) is 3.09. The van der Waals surface area contributed by atoms with E-state index in [0.717, 1.165) is 6.07 Å². The molecule has 2 aromatic carbocycles. The molecule has 0 bridgehead atoms. The number of anilines is 2. The number of hydrogen-bond acceptors (Lipinski definition) is 4. The standard InChI is InChI=1S/C15H12FN3O2/c1-21-14-7-10(3-4-11(14)16)15(20)19-13-5-2-9(8-17)6-12(13)18/h2-7H,18H2,1H3,(H,19,20). The number of nitriles is 1. The molecule has 0 saturated heterocycles. The van der Waals surface area contributed by atoms with Crippen molar-refractivity contribution in [3.05, 3.63) is 53.3 Å². The van der Waals surface area contributed by atoms with Crippen LogP contribution >= 0.6 is 0 Å². The number of nitrogens with one attached hydrogen (secondary N) is 1. The molecule has 0 aliphatic carbocycles. The van der Waals surface area contributed by atoms with Gasteiger partial charge in [-0.15, -0.1) is 0 Å². The van der Waals surface area contributed by atoms with Crippen LogP contribution in [0.2, 0.25) is 0 Å². The van der Waals surface area contributed by atoms with Crippen molar-refractivity contribution in [3.63, 3.8) is 0 Å². The summed E-state index contributed by atoms with van der Waals surface area (Å²) in [5, 5.41) is 11.4. The molecule has 0 fully saturated rings. The van der Waals surface area contributed by atoms with Crippen molar-refractivity contribution in [1.29, 1.82) is 5.26 Å². The molecule has 0 saturated carbocycles. The molecule has 2 rings (SSSR count). The lowest BCUT2D eigenvalue weighted by molar-refractivity contribution is 0.102. The third-order valence-electron chi connectivity index (χ3n) is 2.84. The van der Waals surface area contributed by atoms with Crippen molar-refractivity contribution in [2.24, 2.45) is 0 Å². The first-order chi connectivity index (χ1) is 10.0. The summed E-state index contributed by atoms with van der Waals surface area (Å²) in [5.74, 6) is -1.02. The number of benzene rings is 2. The zero-order chi connectivity index (χ0) is 15.4. The van der Waals surface area contributed by atoms with Crippen LogP contribution in [0.25, 0.3) is 0 Å². The Balaban J connectivity index is 2.24. The van der Waals surface area contributed by atoms with Gasteiger partial charge < -0.3 is 15.8 Å². The molecule has 106 valence electrons. The molecular weight excluding hydrogens is 273 g/mol. The van der Waals surface area contributed by atoms with Gasteiger partial charge in [0.25, 0.3) is 5.91 Å². The predicted octanol–water partition coefficient (Wildman–Crippen LogP) is 2.54. The Bertz CT molecular complexity index is 738. The fourth-order valence-corrected chi connectivity index (χ4v) is 1.74. The number of amides is 1. The highest BCUT2D eigenvalue weighted by atomic mass is 19.1. The molecule has 0 heterocycles. The summed E-state index contributed by atoms with van der Waals surface area (Å²) in [5.41, 5.74) is 7.04. The van der Waals surface area contributed by atoms with Crippen LogP contribution in [0.15, 0.2) is 36.4 Å². The monoisotopic (exact) mass is 285 g/mol. The molecular formula is C15H12FN3O2. The van der Waals surface area contributed by atoms with E-state index in [1.807, 2.05) is 6.07 Å². The Morgan fingerprint density at radius 3 is 2.71 bits per heavy atom. The first-order valence-electron chi connectivity index (χ1n) is 5.99. The van der Waals surface area contributed by atoms with Crippen molar-refractivity contribution in [2.75, 3.05) is 18.2 Å². The van der Waals surface area contributed by atoms with Gasteiger partial charge in [0.05, 0.1) is 30.1 Å². The predicted molar refractivity (Wildman–Crippen MR) is 76.5 cm³/mol. The largest absolute Gasteiger partial charge is 0.494 e. The van der Waals surface area contributed by atoms with Crippen molar-refractivity contribution in [3.8, 4) is 11.8 Å². The molecule has 2 aromatic rings. The second kappa shape index (κ2) is 5.92. The molecule has 0 atom stereocenters. The summed E-state index contributed by atoms with van der Waals surface area (Å²) in [4.78, 5) is 12.1. The summed E-state index contributed by atoms with van der Waals surface area (Å²) in [6.45, 7) is 0. The van der Waals surface area contributed by atoms with E-state index in [4.69, 9.17) is 15.7 Å². The number of halogens is 1. The number of rotatable bonds is 3. The molecule has 0 spiro atoms. The van der Waals surface area contributed by atoms with E-state index in [0.29, 0.717) is 11.3 Å². The fraction of sp³-hybridized carbons (Fsp3) is 0.0667. The summed E-state index contributed by atoms with van der Waals surface area (Å²) in [6.07, 6.45) is 0. The average molecular weight is 285 g/mol. The Morgan fingerprint density at radius 1 is 1.33 bits per heavy atom. The van der Waals surface area contributed by atoms with Gasteiger partial charge in [-0.25, -0.2) is 4.39 Å². The molecule has 3 N–H and O–H groups in total. The van der Waals surface area contributed by atoms with Gasteiger partial charge in [0.2, 0.25) is 0 Å². The summed E-state index contributed by atoms with van der Waals surface area (Å²) >= 11 is 0. The van der Waals surface area contributed by atoms with E-state index in [-0.39, 0.29) is 17.0 Å². The Labute approximate surface area is 120 Å². The number of hydrogen-bond donors (Lipinski definition) is 2. The van der Waals surface area contributed by atoms with E-state index in [2.05, 4.69) is 5.32 Å². The highest BCUT2D eigenvalue weighted by Crippen LogP contribution is 2.22.